The van der Waals surface area contributed by atoms with Crippen molar-refractivity contribution in [1.82, 2.24) is 20.2 Å². The summed E-state index contributed by atoms with van der Waals surface area (Å²) >= 11 is 7.80. The molecule has 6 nitrogen and oxygen atoms in total. The number of likely N-dealkylation sites (tertiary alicyclic amines) is 1. The van der Waals surface area contributed by atoms with Crippen molar-refractivity contribution < 1.29 is 4.79 Å². The van der Waals surface area contributed by atoms with E-state index in [2.05, 4.69) is 37.2 Å². The second kappa shape index (κ2) is 12.2. The van der Waals surface area contributed by atoms with Crippen molar-refractivity contribution >= 4 is 35.1 Å². The fourth-order valence-corrected chi connectivity index (χ4v) is 4.99. The number of carbonyl (C=O) groups is 1. The molecule has 0 aliphatic carbocycles. The molecular formula is C26H30ClN5OS. The van der Waals surface area contributed by atoms with Gasteiger partial charge in [-0.15, -0.1) is 0 Å². The van der Waals surface area contributed by atoms with Crippen molar-refractivity contribution in [3.05, 3.63) is 82.5 Å². The molecule has 1 amide bonds. The van der Waals surface area contributed by atoms with E-state index in [1.165, 1.54) is 30.2 Å². The molecule has 1 aliphatic heterocycles. The molecule has 0 unspecified atom stereocenters. The molecule has 8 heteroatoms. The maximum atomic E-state index is 12.6. The summed E-state index contributed by atoms with van der Waals surface area (Å²) in [5.74, 6) is 1.39. The fourth-order valence-electron chi connectivity index (χ4n) is 3.97. The number of nitrogens with zero attached hydrogens (tertiary/aromatic N) is 4. The quantitative estimate of drug-likeness (QED) is 0.245. The predicted molar refractivity (Wildman–Crippen MR) is 140 cm³/mol. The Morgan fingerprint density at radius 1 is 1.06 bits per heavy atom. The van der Waals surface area contributed by atoms with Gasteiger partial charge in [0.15, 0.2) is 5.16 Å². The largest absolute Gasteiger partial charge is 0.355 e. The highest BCUT2D eigenvalue weighted by Crippen LogP contribution is 2.25. The van der Waals surface area contributed by atoms with Crippen LogP contribution in [0.4, 0.5) is 5.82 Å². The molecule has 1 fully saturated rings. The van der Waals surface area contributed by atoms with Crippen LogP contribution in [0.1, 0.15) is 34.3 Å². The Balaban J connectivity index is 1.33. The first kappa shape index (κ1) is 24.5. The lowest BCUT2D eigenvalue weighted by Gasteiger charge is -2.19. The first-order chi connectivity index (χ1) is 16.6. The van der Waals surface area contributed by atoms with E-state index in [1.54, 1.807) is 6.07 Å². The van der Waals surface area contributed by atoms with E-state index in [1.807, 2.05) is 49.5 Å². The highest BCUT2D eigenvalue weighted by molar-refractivity contribution is 7.98. The zero-order valence-corrected chi connectivity index (χ0v) is 21.0. The number of aromatic nitrogens is 2. The summed E-state index contributed by atoms with van der Waals surface area (Å²) in [5, 5.41) is 4.07. The molecule has 0 radical (unpaired) electrons. The molecular weight excluding hydrogens is 466 g/mol. The lowest BCUT2D eigenvalue weighted by atomic mass is 10.1. The average Bonchev–Trinajstić information content (AvgIpc) is 3.37. The van der Waals surface area contributed by atoms with Gasteiger partial charge >= 0.3 is 0 Å². The number of hydrogen-bond acceptors (Lipinski definition) is 6. The minimum absolute atomic E-state index is 0.0325. The van der Waals surface area contributed by atoms with Crippen molar-refractivity contribution in [1.29, 1.82) is 0 Å². The molecule has 0 spiro atoms. The van der Waals surface area contributed by atoms with Crippen LogP contribution in [0.2, 0.25) is 5.15 Å². The smallest absolute Gasteiger partial charge is 0.251 e. The zero-order valence-electron chi connectivity index (χ0n) is 19.4. The highest BCUT2D eigenvalue weighted by Gasteiger charge is 2.13. The van der Waals surface area contributed by atoms with E-state index in [9.17, 15) is 4.79 Å². The lowest BCUT2D eigenvalue weighted by Crippen LogP contribution is -2.33. The Bertz CT molecular complexity index is 1090. The summed E-state index contributed by atoms with van der Waals surface area (Å²) < 4.78 is 0. The van der Waals surface area contributed by atoms with Gasteiger partial charge in [0.1, 0.15) is 11.0 Å². The van der Waals surface area contributed by atoms with Gasteiger partial charge < -0.3 is 15.1 Å². The predicted octanol–water partition coefficient (Wildman–Crippen LogP) is 4.88. The molecule has 1 aromatic heterocycles. The van der Waals surface area contributed by atoms with E-state index < -0.39 is 0 Å². The SMILES string of the molecule is CN(Cc1ccccc1)c1cc(Cl)nc(SCc2cccc(C(=O)NCCN3CCCC3)c2)n1. The van der Waals surface area contributed by atoms with Crippen molar-refractivity contribution in [2.75, 3.05) is 38.1 Å². The van der Waals surface area contributed by atoms with Crippen LogP contribution in [0, 0.1) is 0 Å². The van der Waals surface area contributed by atoms with Crippen LogP contribution in [0.3, 0.4) is 0 Å². The summed E-state index contributed by atoms with van der Waals surface area (Å²) in [7, 11) is 1.99. The van der Waals surface area contributed by atoms with Crippen molar-refractivity contribution in [2.24, 2.45) is 0 Å². The van der Waals surface area contributed by atoms with E-state index >= 15 is 0 Å². The minimum atomic E-state index is -0.0325. The summed E-state index contributed by atoms with van der Waals surface area (Å²) in [4.78, 5) is 26.1. The van der Waals surface area contributed by atoms with Crippen molar-refractivity contribution in [3.8, 4) is 0 Å². The Labute approximate surface area is 210 Å². The van der Waals surface area contributed by atoms with Crippen LogP contribution < -0.4 is 10.2 Å². The van der Waals surface area contributed by atoms with E-state index in [0.29, 0.717) is 28.2 Å². The first-order valence-corrected chi connectivity index (χ1v) is 12.9. The minimum Gasteiger partial charge on any atom is -0.355 e. The Morgan fingerprint density at radius 3 is 2.62 bits per heavy atom. The first-order valence-electron chi connectivity index (χ1n) is 11.6. The van der Waals surface area contributed by atoms with E-state index in [-0.39, 0.29) is 5.91 Å². The number of hydrogen-bond donors (Lipinski definition) is 1. The van der Waals surface area contributed by atoms with Gasteiger partial charge in [0, 0.05) is 44.1 Å². The second-order valence-electron chi connectivity index (χ2n) is 8.47. The number of nitrogens with one attached hydrogen (secondary N) is 1. The van der Waals surface area contributed by atoms with Crippen LogP contribution in [0.25, 0.3) is 0 Å². The number of benzene rings is 2. The van der Waals surface area contributed by atoms with E-state index in [4.69, 9.17) is 11.6 Å². The third-order valence-electron chi connectivity index (χ3n) is 5.78. The molecule has 1 aliphatic rings. The standard InChI is InChI=1S/C26H30ClN5OS/c1-31(18-20-8-3-2-4-9-20)24-17-23(27)29-26(30-24)34-19-21-10-7-11-22(16-21)25(33)28-12-15-32-13-5-6-14-32/h2-4,7-11,16-17H,5-6,12-15,18-19H2,1H3,(H,28,33). The number of halogens is 1. The van der Waals surface area contributed by atoms with Gasteiger partial charge in [-0.25, -0.2) is 9.97 Å². The van der Waals surface area contributed by atoms with Crippen molar-refractivity contribution in [3.63, 3.8) is 0 Å². The highest BCUT2D eigenvalue weighted by atomic mass is 35.5. The van der Waals surface area contributed by atoms with Gasteiger partial charge in [-0.05, 0) is 49.2 Å². The molecule has 34 heavy (non-hydrogen) atoms. The van der Waals surface area contributed by atoms with Gasteiger partial charge in [-0.1, -0.05) is 65.8 Å². The van der Waals surface area contributed by atoms with Crippen LogP contribution in [0.15, 0.2) is 65.8 Å². The molecule has 0 bridgehead atoms. The zero-order chi connectivity index (χ0) is 23.8. The lowest BCUT2D eigenvalue weighted by molar-refractivity contribution is 0.0949. The molecule has 0 atom stereocenters. The maximum Gasteiger partial charge on any atom is 0.251 e. The Kier molecular flexibility index (Phi) is 8.79. The summed E-state index contributed by atoms with van der Waals surface area (Å²) in [6.07, 6.45) is 2.52. The van der Waals surface area contributed by atoms with Gasteiger partial charge in [-0.2, -0.15) is 0 Å². The monoisotopic (exact) mass is 495 g/mol. The third kappa shape index (κ3) is 7.19. The number of anilines is 1. The van der Waals surface area contributed by atoms with Gasteiger partial charge in [0.05, 0.1) is 0 Å². The molecule has 2 heterocycles. The average molecular weight is 496 g/mol. The number of thioether (sulfide) groups is 1. The Hall–Kier alpha value is -2.61. The van der Waals surface area contributed by atoms with Crippen LogP contribution in [0.5, 0.6) is 0 Å². The molecule has 1 N–H and O–H groups in total. The van der Waals surface area contributed by atoms with Gasteiger partial charge in [-0.3, -0.25) is 4.79 Å². The number of rotatable bonds is 10. The fraction of sp³-hybridized carbons (Fsp3) is 0.346. The number of amides is 1. The molecule has 2 aromatic carbocycles. The summed E-state index contributed by atoms with van der Waals surface area (Å²) in [6.45, 7) is 4.59. The summed E-state index contributed by atoms with van der Waals surface area (Å²) in [5.41, 5.74) is 2.92. The van der Waals surface area contributed by atoms with Gasteiger partial charge in [0.25, 0.3) is 5.91 Å². The van der Waals surface area contributed by atoms with Gasteiger partial charge in [0.2, 0.25) is 0 Å². The van der Waals surface area contributed by atoms with Crippen LogP contribution in [-0.4, -0.2) is 54.0 Å². The molecule has 4 rings (SSSR count). The molecule has 3 aromatic rings. The molecule has 178 valence electrons. The van der Waals surface area contributed by atoms with Crippen LogP contribution >= 0.6 is 23.4 Å². The van der Waals surface area contributed by atoms with E-state index in [0.717, 1.165) is 37.6 Å². The second-order valence-corrected chi connectivity index (χ2v) is 9.80. The topological polar surface area (TPSA) is 61.4 Å². The summed E-state index contributed by atoms with van der Waals surface area (Å²) in [6, 6.07) is 19.7. The maximum absolute atomic E-state index is 12.6. The number of carbonyl (C=O) groups excluding carboxylic acids is 1. The van der Waals surface area contributed by atoms with Crippen molar-refractivity contribution in [2.45, 2.75) is 30.3 Å². The Morgan fingerprint density at radius 2 is 1.82 bits per heavy atom. The van der Waals surface area contributed by atoms with Crippen LogP contribution in [-0.2, 0) is 12.3 Å². The molecule has 0 saturated carbocycles. The molecule has 1 saturated heterocycles. The normalized spacial score (nSPS) is 13.7. The third-order valence-corrected chi connectivity index (χ3v) is 6.90.